The highest BCUT2D eigenvalue weighted by Gasteiger charge is 2.54. The highest BCUT2D eigenvalue weighted by atomic mass is 32.2. The van der Waals surface area contributed by atoms with Crippen LogP contribution < -0.4 is 0 Å². The molecular formula is C39H76O17P2S. The maximum Gasteiger partial charge on any atom is 0.472 e. The molecule has 20 heteroatoms. The number of hydrogen-bond acceptors (Lipinski definition) is 15. The number of rotatable bonds is 38. The first-order valence-electron chi connectivity index (χ1n) is 21.7. The number of carbonyl (C=O) groups is 2. The molecule has 1 aliphatic rings. The van der Waals surface area contributed by atoms with Gasteiger partial charge in [0, 0.05) is 25.2 Å². The van der Waals surface area contributed by atoms with E-state index in [0.29, 0.717) is 19.4 Å². The third kappa shape index (κ3) is 28.7. The first-order valence-corrected chi connectivity index (χ1v) is 25.8. The van der Waals surface area contributed by atoms with Gasteiger partial charge in [-0.1, -0.05) is 135 Å². The van der Waals surface area contributed by atoms with Gasteiger partial charge in [-0.25, -0.2) is 9.13 Å². The lowest BCUT2D eigenvalue weighted by Gasteiger charge is -2.43. The Kier molecular flexibility index (Phi) is 32.5. The van der Waals surface area contributed by atoms with Crippen LogP contribution in [0.3, 0.4) is 0 Å². The van der Waals surface area contributed by atoms with Gasteiger partial charge < -0.3 is 49.3 Å². The Bertz CT molecular complexity index is 1160. The standard InChI is InChI=1S/C39H76O17P2S/c1-3-5-6-7-8-9-10-11-12-13-15-18-21-25-32(40)54-31(28-52-30-51-26-22-19-16-14-17-20-23-27-59-33(41)24-4-2)29-53-58(49,50)56-39-36(44)34(42)38(35(43)37(39)45)55-57(46,47)48/h31,34-39,42-45H,3-30H2,1-2H3,(H,49,50)(H2,46,47,48)/t31-,34-,35+,36+,37?,38?,39?/m1/s1. The molecule has 0 spiro atoms. The summed E-state index contributed by atoms with van der Waals surface area (Å²) in [5.41, 5.74) is 0. The van der Waals surface area contributed by atoms with Crippen LogP contribution in [-0.4, -0.2) is 121 Å². The highest BCUT2D eigenvalue weighted by molar-refractivity contribution is 8.13. The summed E-state index contributed by atoms with van der Waals surface area (Å²) in [5.74, 6) is 0.294. The molecule has 0 aromatic carbocycles. The monoisotopic (exact) mass is 910 g/mol. The molecule has 7 N–H and O–H groups in total. The Balaban J connectivity index is 2.53. The maximum absolute atomic E-state index is 12.9. The van der Waals surface area contributed by atoms with Gasteiger partial charge in [-0.15, -0.1) is 0 Å². The SMILES string of the molecule is CCCCCCCCCCCCCCCC(=O)O[C@H](COCOCCCCCCCCCSC(=O)CCC)COP(=O)(O)OC1C(O)[C@H](O)C(OP(=O)(O)O)[C@H](O)[C@@H]1O. The number of hydrogen-bond donors (Lipinski definition) is 7. The van der Waals surface area contributed by atoms with E-state index >= 15 is 0 Å². The van der Waals surface area contributed by atoms with Gasteiger partial charge in [0.25, 0.3) is 0 Å². The zero-order valence-electron chi connectivity index (χ0n) is 35.4. The number of aliphatic hydroxyl groups excluding tert-OH is 4. The highest BCUT2D eigenvalue weighted by Crippen LogP contribution is 2.48. The summed E-state index contributed by atoms with van der Waals surface area (Å²) in [6.07, 6.45) is 9.12. The van der Waals surface area contributed by atoms with Crippen molar-refractivity contribution in [2.45, 2.75) is 204 Å². The smallest absolute Gasteiger partial charge is 0.457 e. The van der Waals surface area contributed by atoms with Gasteiger partial charge in [-0.3, -0.25) is 23.2 Å². The fourth-order valence-corrected chi connectivity index (χ4v) is 9.01. The first kappa shape index (κ1) is 56.5. The van der Waals surface area contributed by atoms with Gasteiger partial charge in [-0.2, -0.15) is 0 Å². The van der Waals surface area contributed by atoms with Crippen LogP contribution in [0.15, 0.2) is 0 Å². The summed E-state index contributed by atoms with van der Waals surface area (Å²) in [6, 6.07) is 0. The number of ether oxygens (including phenoxy) is 3. The molecular weight excluding hydrogens is 834 g/mol. The molecule has 1 aliphatic carbocycles. The van der Waals surface area contributed by atoms with Crippen molar-refractivity contribution in [3.8, 4) is 0 Å². The van der Waals surface area contributed by atoms with Gasteiger partial charge in [-0.05, 0) is 25.7 Å². The van der Waals surface area contributed by atoms with Crippen molar-refractivity contribution >= 4 is 38.5 Å². The zero-order chi connectivity index (χ0) is 43.9. The number of aliphatic hydroxyl groups is 4. The van der Waals surface area contributed by atoms with Crippen molar-refractivity contribution in [1.29, 1.82) is 0 Å². The van der Waals surface area contributed by atoms with Gasteiger partial charge in [0.05, 0.1) is 13.2 Å². The lowest BCUT2D eigenvalue weighted by atomic mass is 9.85. The molecule has 0 heterocycles. The van der Waals surface area contributed by atoms with E-state index < -0.39 is 70.9 Å². The molecule has 0 radical (unpaired) electrons. The maximum atomic E-state index is 12.9. The summed E-state index contributed by atoms with van der Waals surface area (Å²) in [5, 5.41) is 41.6. The van der Waals surface area contributed by atoms with E-state index in [-0.39, 0.29) is 24.9 Å². The van der Waals surface area contributed by atoms with Gasteiger partial charge >= 0.3 is 21.6 Å². The molecule has 8 atom stereocenters. The van der Waals surface area contributed by atoms with E-state index in [9.17, 15) is 44.0 Å². The molecule has 59 heavy (non-hydrogen) atoms. The van der Waals surface area contributed by atoms with E-state index in [1.807, 2.05) is 6.92 Å². The zero-order valence-corrected chi connectivity index (χ0v) is 38.0. The van der Waals surface area contributed by atoms with Crippen LogP contribution in [0.1, 0.15) is 162 Å². The molecule has 0 aliphatic heterocycles. The van der Waals surface area contributed by atoms with Crippen molar-refractivity contribution in [3.05, 3.63) is 0 Å². The summed E-state index contributed by atoms with van der Waals surface area (Å²) in [7, 11) is -10.5. The molecule has 0 bridgehead atoms. The van der Waals surface area contributed by atoms with E-state index in [1.54, 1.807) is 0 Å². The van der Waals surface area contributed by atoms with Gasteiger partial charge in [0.15, 0.2) is 5.12 Å². The quantitative estimate of drug-likeness (QED) is 0.0149. The number of phosphoric ester groups is 2. The van der Waals surface area contributed by atoms with E-state index in [0.717, 1.165) is 82.8 Å². The fraction of sp³-hybridized carbons (Fsp3) is 0.949. The third-order valence-electron chi connectivity index (χ3n) is 9.89. The molecule has 17 nitrogen and oxygen atoms in total. The Morgan fingerprint density at radius 1 is 0.576 bits per heavy atom. The summed E-state index contributed by atoms with van der Waals surface area (Å²) < 4.78 is 54.8. The van der Waals surface area contributed by atoms with Crippen LogP contribution >= 0.6 is 27.4 Å². The molecule has 1 saturated carbocycles. The van der Waals surface area contributed by atoms with Crippen molar-refractivity contribution in [3.63, 3.8) is 0 Å². The largest absolute Gasteiger partial charge is 0.472 e. The molecule has 1 rings (SSSR count). The lowest BCUT2D eigenvalue weighted by molar-refractivity contribution is -0.216. The number of carbonyl (C=O) groups excluding carboxylic acids is 2. The van der Waals surface area contributed by atoms with E-state index in [4.69, 9.17) is 33.0 Å². The van der Waals surface area contributed by atoms with Crippen LogP contribution in [0.4, 0.5) is 0 Å². The summed E-state index contributed by atoms with van der Waals surface area (Å²) in [4.78, 5) is 52.8. The minimum atomic E-state index is -5.29. The second-order valence-corrected chi connectivity index (χ2v) is 19.1. The Labute approximate surface area is 355 Å². The third-order valence-corrected chi connectivity index (χ3v) is 12.4. The van der Waals surface area contributed by atoms with Crippen molar-refractivity contribution in [1.82, 2.24) is 0 Å². The molecule has 0 saturated heterocycles. The van der Waals surface area contributed by atoms with E-state index in [2.05, 4.69) is 11.4 Å². The van der Waals surface area contributed by atoms with Gasteiger partial charge in [0.1, 0.15) is 49.5 Å². The van der Waals surface area contributed by atoms with Crippen molar-refractivity contribution in [2.24, 2.45) is 0 Å². The number of esters is 1. The molecule has 0 aromatic rings. The topological polar surface area (TPSA) is 265 Å². The minimum Gasteiger partial charge on any atom is -0.457 e. The second kappa shape index (κ2) is 34.0. The Morgan fingerprint density at radius 2 is 1.05 bits per heavy atom. The molecule has 0 amide bonds. The Hall–Kier alpha value is -0.530. The van der Waals surface area contributed by atoms with Crippen LogP contribution in [0.25, 0.3) is 0 Å². The number of phosphoric acid groups is 2. The lowest BCUT2D eigenvalue weighted by Crippen LogP contribution is -2.64. The van der Waals surface area contributed by atoms with Gasteiger partial charge in [0.2, 0.25) is 0 Å². The van der Waals surface area contributed by atoms with Crippen molar-refractivity contribution < 1.29 is 81.6 Å². The van der Waals surface area contributed by atoms with Crippen molar-refractivity contribution in [2.75, 3.05) is 32.4 Å². The average molecular weight is 911 g/mol. The van der Waals surface area contributed by atoms with Crippen LogP contribution in [-0.2, 0) is 46.5 Å². The number of thioether (sulfide) groups is 1. The average Bonchev–Trinajstić information content (AvgIpc) is 3.18. The van der Waals surface area contributed by atoms with Crippen LogP contribution in [0.5, 0.6) is 0 Å². The molecule has 4 unspecified atom stereocenters. The fourth-order valence-electron chi connectivity index (χ4n) is 6.55. The number of unbranched alkanes of at least 4 members (excludes halogenated alkanes) is 18. The normalized spacial score (nSPS) is 22.6. The first-order chi connectivity index (χ1) is 28.1. The molecule has 350 valence electrons. The van der Waals surface area contributed by atoms with Crippen LogP contribution in [0.2, 0.25) is 0 Å². The predicted octanol–water partition coefficient (Wildman–Crippen LogP) is 6.60. The predicted molar refractivity (Wildman–Crippen MR) is 223 cm³/mol. The molecule has 1 fully saturated rings. The Morgan fingerprint density at radius 3 is 1.56 bits per heavy atom. The summed E-state index contributed by atoms with van der Waals surface area (Å²) in [6.45, 7) is 3.50. The minimum absolute atomic E-state index is 0.101. The summed E-state index contributed by atoms with van der Waals surface area (Å²) >= 11 is 1.42. The van der Waals surface area contributed by atoms with Crippen LogP contribution in [0, 0.1) is 0 Å². The molecule has 0 aromatic heterocycles. The van der Waals surface area contributed by atoms with E-state index in [1.165, 1.54) is 63.1 Å². The second-order valence-electron chi connectivity index (χ2n) is 15.3.